The number of ether oxygens (including phenoxy) is 4. The molecule has 10 saturated carbocycles. The summed E-state index contributed by atoms with van der Waals surface area (Å²) in [5.41, 5.74) is -5.32. The molecule has 11 rings (SSSR count). The van der Waals surface area contributed by atoms with E-state index in [1.807, 2.05) is 34.6 Å². The van der Waals surface area contributed by atoms with Crippen molar-refractivity contribution in [3.63, 3.8) is 0 Å². The summed E-state index contributed by atoms with van der Waals surface area (Å²) >= 11 is 0. The summed E-state index contributed by atoms with van der Waals surface area (Å²) < 4.78 is 25.4. The van der Waals surface area contributed by atoms with Crippen LogP contribution in [0.5, 0.6) is 0 Å². The third kappa shape index (κ3) is 7.80. The van der Waals surface area contributed by atoms with Crippen molar-refractivity contribution < 1.29 is 43.2 Å². The highest BCUT2D eigenvalue weighted by Gasteiger charge is 2.65. The van der Waals surface area contributed by atoms with Crippen molar-refractivity contribution in [1.29, 1.82) is 0 Å². The van der Waals surface area contributed by atoms with Gasteiger partial charge in [0.05, 0.1) is 27.8 Å². The fourth-order valence-electron chi connectivity index (χ4n) is 15.0. The zero-order valence-corrected chi connectivity index (χ0v) is 32.4. The van der Waals surface area contributed by atoms with Gasteiger partial charge >= 0.3 is 23.9 Å². The lowest BCUT2D eigenvalue weighted by atomic mass is 9.50. The van der Waals surface area contributed by atoms with E-state index in [1.54, 1.807) is 0 Å². The predicted octanol–water partition coefficient (Wildman–Crippen LogP) is 10.9. The van der Waals surface area contributed by atoms with Crippen molar-refractivity contribution in [3.8, 4) is 0 Å². The number of carbonyl (C=O) groups is 4. The first-order valence-electron chi connectivity index (χ1n) is 20.9. The van der Waals surface area contributed by atoms with Crippen LogP contribution in [0.3, 0.4) is 0 Å². The van der Waals surface area contributed by atoms with E-state index in [2.05, 4.69) is 6.92 Å². The third-order valence-electron chi connectivity index (χ3n) is 16.9. The third-order valence-corrected chi connectivity index (χ3v) is 16.9. The molecule has 11 fully saturated rings. The highest BCUT2D eigenvalue weighted by molar-refractivity contribution is 5.83. The second kappa shape index (κ2) is 16.3. The van der Waals surface area contributed by atoms with Gasteiger partial charge in [0.15, 0.2) is 0 Å². The van der Waals surface area contributed by atoms with Gasteiger partial charge in [0.2, 0.25) is 0 Å². The zero-order valence-electron chi connectivity index (χ0n) is 32.4. The molecule has 0 aromatic rings. The summed E-state index contributed by atoms with van der Waals surface area (Å²) in [6.07, 6.45) is 11.8. The number of rotatable bonds is 11. The van der Waals surface area contributed by atoms with Crippen molar-refractivity contribution in [2.75, 3.05) is 0 Å². The number of esters is 4. The monoisotopic (exact) mass is 819 g/mol. The molecule has 0 radical (unpaired) electrons. The SMILES string of the molecule is C.C.C.C.C.C.CCC(C)(CC(C)(CC(C)(C)C(=O)OC12CC3CC(CC(O)(C3)C1)C2)C(=O)OC1(C)C2CC3CC(C2)CC1C3)C(=O)OC1C2CC3C(=O)OC1C3C2. The summed E-state index contributed by atoms with van der Waals surface area (Å²) in [6.45, 7) is 11.6. The summed E-state index contributed by atoms with van der Waals surface area (Å²) in [6, 6.07) is 0. The van der Waals surface area contributed by atoms with Crippen LogP contribution in [0.4, 0.5) is 0 Å². The molecule has 9 nitrogen and oxygen atoms in total. The number of hydrogen-bond acceptors (Lipinski definition) is 9. The van der Waals surface area contributed by atoms with E-state index < -0.39 is 39.2 Å². The molecule has 0 spiro atoms. The van der Waals surface area contributed by atoms with Crippen molar-refractivity contribution in [1.82, 2.24) is 0 Å². The highest BCUT2D eigenvalue weighted by atomic mass is 16.6. The lowest BCUT2D eigenvalue weighted by molar-refractivity contribution is -0.227. The van der Waals surface area contributed by atoms with Crippen LogP contribution < -0.4 is 0 Å². The van der Waals surface area contributed by atoms with Crippen molar-refractivity contribution in [2.45, 2.75) is 218 Å². The van der Waals surface area contributed by atoms with E-state index in [4.69, 9.17) is 18.9 Å². The molecule has 10 bridgehead atoms. The standard InChI is InChI=1S/C43H62O9.6CH4/c1-7-39(4,36(46)50-32-27-14-30-31(15-27)34(44)49-33(30)32)21-40(5,37(47)51-41(6)28-10-23-8-24(12-28)13-29(41)11-23)20-38(2,3)35(45)52-43-18-25-9-26(19-43)17-42(48,16-25)22-43;;;;;;/h23-33,48H,7-22H2,1-6H3;6*1H4. The van der Waals surface area contributed by atoms with E-state index in [0.29, 0.717) is 42.9 Å². The van der Waals surface area contributed by atoms with E-state index in [1.165, 1.54) is 6.42 Å². The van der Waals surface area contributed by atoms with Crippen LogP contribution in [0.25, 0.3) is 0 Å². The normalized spacial score (nSPS) is 43.3. The van der Waals surface area contributed by atoms with Crippen LogP contribution in [-0.4, -0.2) is 58.0 Å². The van der Waals surface area contributed by atoms with Crippen LogP contribution in [0.2, 0.25) is 0 Å². The topological polar surface area (TPSA) is 125 Å². The molecule has 0 aromatic carbocycles. The molecule has 1 aliphatic heterocycles. The van der Waals surface area contributed by atoms with E-state index >= 15 is 4.79 Å². The lowest BCUT2D eigenvalue weighted by Gasteiger charge is -2.60. The Morgan fingerprint density at radius 3 is 1.79 bits per heavy atom. The molecule has 9 atom stereocenters. The average Bonchev–Trinajstić information content (AvgIpc) is 3.67. The number of aliphatic hydroxyl groups is 1. The molecule has 0 amide bonds. The zero-order chi connectivity index (χ0) is 36.8. The Bertz CT molecular complexity index is 1510. The largest absolute Gasteiger partial charge is 0.459 e. The number of carbonyl (C=O) groups excluding carboxylic acids is 4. The minimum atomic E-state index is -1.21. The Balaban J connectivity index is 0.00000150. The van der Waals surface area contributed by atoms with Crippen molar-refractivity contribution in [2.24, 2.45) is 69.5 Å². The smallest absolute Gasteiger partial charge is 0.312 e. The first-order chi connectivity index (χ1) is 24.3. The second-order valence-electron chi connectivity index (χ2n) is 21.6. The molecular formula is C49H86O9. The minimum absolute atomic E-state index is 0. The summed E-state index contributed by atoms with van der Waals surface area (Å²) in [5.74, 6) is 1.75. The van der Waals surface area contributed by atoms with E-state index in [9.17, 15) is 19.5 Å². The summed E-state index contributed by atoms with van der Waals surface area (Å²) in [4.78, 5) is 56.2. The van der Waals surface area contributed by atoms with Crippen LogP contribution >= 0.6 is 0 Å². The molecular weight excluding hydrogens is 733 g/mol. The van der Waals surface area contributed by atoms with Gasteiger partial charge in [-0.15, -0.1) is 0 Å². The maximum Gasteiger partial charge on any atom is 0.312 e. The fourth-order valence-corrected chi connectivity index (χ4v) is 15.0. The van der Waals surface area contributed by atoms with Gasteiger partial charge in [0.25, 0.3) is 0 Å². The van der Waals surface area contributed by atoms with Crippen LogP contribution in [0, 0.1) is 69.5 Å². The Kier molecular flexibility index (Phi) is 14.1. The Labute approximate surface area is 353 Å². The summed E-state index contributed by atoms with van der Waals surface area (Å²) in [5, 5.41) is 11.4. The molecule has 9 heteroatoms. The Hall–Kier alpha value is -2.16. The van der Waals surface area contributed by atoms with Crippen LogP contribution in [0.1, 0.15) is 189 Å². The number of hydrogen-bond donors (Lipinski definition) is 1. The van der Waals surface area contributed by atoms with Gasteiger partial charge in [0.1, 0.15) is 23.4 Å². The quantitative estimate of drug-likeness (QED) is 0.160. The molecule has 0 aromatic heterocycles. The van der Waals surface area contributed by atoms with Gasteiger partial charge < -0.3 is 24.1 Å². The average molecular weight is 819 g/mol. The van der Waals surface area contributed by atoms with Gasteiger partial charge in [-0.05, 0) is 166 Å². The maximum absolute atomic E-state index is 15.0. The van der Waals surface area contributed by atoms with Crippen molar-refractivity contribution >= 4 is 23.9 Å². The van der Waals surface area contributed by atoms with E-state index in [0.717, 1.165) is 76.0 Å². The maximum atomic E-state index is 15.0. The van der Waals surface area contributed by atoms with Gasteiger partial charge in [-0.25, -0.2) is 0 Å². The van der Waals surface area contributed by atoms with Gasteiger partial charge in [-0.1, -0.05) is 51.5 Å². The minimum Gasteiger partial charge on any atom is -0.459 e. The van der Waals surface area contributed by atoms with Crippen LogP contribution in [0.15, 0.2) is 0 Å². The van der Waals surface area contributed by atoms with Crippen molar-refractivity contribution in [3.05, 3.63) is 0 Å². The molecule has 336 valence electrons. The van der Waals surface area contributed by atoms with Gasteiger partial charge in [0, 0.05) is 18.3 Å². The molecule has 11 aliphatic rings. The predicted molar refractivity (Wildman–Crippen MR) is 229 cm³/mol. The van der Waals surface area contributed by atoms with Gasteiger partial charge in [-0.2, -0.15) is 0 Å². The number of fused-ring (bicyclic) bond motifs is 1. The molecule has 1 saturated heterocycles. The highest BCUT2D eigenvalue weighted by Crippen LogP contribution is 2.62. The molecule has 58 heavy (non-hydrogen) atoms. The van der Waals surface area contributed by atoms with Gasteiger partial charge in [-0.3, -0.25) is 19.2 Å². The second-order valence-corrected chi connectivity index (χ2v) is 21.6. The fraction of sp³-hybridized carbons (Fsp3) is 0.918. The first-order valence-corrected chi connectivity index (χ1v) is 20.9. The molecule has 1 N–H and O–H groups in total. The Morgan fingerprint density at radius 1 is 0.707 bits per heavy atom. The van der Waals surface area contributed by atoms with E-state index in [-0.39, 0.29) is 105 Å². The molecule has 9 unspecified atom stereocenters. The molecule has 1 heterocycles. The lowest BCUT2D eigenvalue weighted by Crippen LogP contribution is -2.61. The first kappa shape index (κ1) is 50.2. The van der Waals surface area contributed by atoms with Crippen LogP contribution in [-0.2, 0) is 38.1 Å². The summed E-state index contributed by atoms with van der Waals surface area (Å²) in [7, 11) is 0. The molecule has 10 aliphatic carbocycles. The Morgan fingerprint density at radius 2 is 1.26 bits per heavy atom.